The molecule has 0 radical (unpaired) electrons. The lowest BCUT2D eigenvalue weighted by atomic mass is 10.1. The van der Waals surface area contributed by atoms with Crippen LogP contribution in [0, 0.1) is 0 Å². The number of ether oxygens (including phenoxy) is 4. The second kappa shape index (κ2) is 9.92. The van der Waals surface area contributed by atoms with Crippen LogP contribution in [0.5, 0.6) is 11.5 Å². The summed E-state index contributed by atoms with van der Waals surface area (Å²) in [6.45, 7) is 1.07. The van der Waals surface area contributed by atoms with E-state index in [4.69, 9.17) is 18.9 Å². The van der Waals surface area contributed by atoms with Gasteiger partial charge in [0.2, 0.25) is 10.0 Å². The van der Waals surface area contributed by atoms with E-state index >= 15 is 0 Å². The van der Waals surface area contributed by atoms with Crippen molar-refractivity contribution >= 4 is 20.9 Å². The third-order valence-corrected chi connectivity index (χ3v) is 7.29. The predicted octanol–water partition coefficient (Wildman–Crippen LogP) is 2.15. The van der Waals surface area contributed by atoms with E-state index < -0.39 is 16.1 Å². The molecule has 0 aliphatic carbocycles. The van der Waals surface area contributed by atoms with Crippen LogP contribution >= 0.6 is 0 Å². The van der Waals surface area contributed by atoms with Crippen molar-refractivity contribution in [1.29, 1.82) is 0 Å². The average Bonchev–Trinajstić information content (AvgIpc) is 2.84. The lowest BCUT2D eigenvalue weighted by molar-refractivity contribution is -0.0923. The summed E-state index contributed by atoms with van der Waals surface area (Å²) in [4.78, 5) is 15.7. The molecule has 0 saturated carbocycles. The molecule has 1 N–H and O–H groups in total. The minimum absolute atomic E-state index is 0.0501. The van der Waals surface area contributed by atoms with Gasteiger partial charge in [0.15, 0.2) is 0 Å². The van der Waals surface area contributed by atoms with Crippen molar-refractivity contribution in [2.45, 2.75) is 17.5 Å². The molecular weight excluding hydrogens is 448 g/mol. The number of nitrogens with one attached hydrogen (secondary N) is 1. The second-order valence-corrected chi connectivity index (χ2v) is 9.56. The molecule has 1 saturated heterocycles. The van der Waals surface area contributed by atoms with Gasteiger partial charge in [-0.3, -0.25) is 4.79 Å². The first-order valence-corrected chi connectivity index (χ1v) is 11.9. The van der Waals surface area contributed by atoms with Crippen molar-refractivity contribution in [1.82, 2.24) is 9.29 Å². The van der Waals surface area contributed by atoms with Crippen molar-refractivity contribution in [3.63, 3.8) is 0 Å². The predicted molar refractivity (Wildman–Crippen MR) is 122 cm³/mol. The number of nitrogens with zero attached hydrogens (tertiary/aromatic N) is 1. The van der Waals surface area contributed by atoms with Crippen LogP contribution in [0.25, 0.3) is 10.9 Å². The zero-order valence-electron chi connectivity index (χ0n) is 18.4. The van der Waals surface area contributed by atoms with Gasteiger partial charge in [-0.2, -0.15) is 4.31 Å². The number of hydrogen-bond donors (Lipinski definition) is 1. The molecule has 1 fully saturated rings. The minimum atomic E-state index is -3.93. The molecule has 10 heteroatoms. The molecule has 1 aliphatic rings. The quantitative estimate of drug-likeness (QED) is 0.533. The maximum absolute atomic E-state index is 13.5. The highest BCUT2D eigenvalue weighted by atomic mass is 32.2. The molecule has 2 aromatic carbocycles. The number of rotatable bonds is 8. The van der Waals surface area contributed by atoms with Gasteiger partial charge in [-0.05, 0) is 47.9 Å². The van der Waals surface area contributed by atoms with Gasteiger partial charge in [0.1, 0.15) is 11.5 Å². The van der Waals surface area contributed by atoms with E-state index in [1.807, 2.05) is 6.07 Å². The normalized spacial score (nSPS) is 16.8. The third kappa shape index (κ3) is 5.19. The number of H-pyrrole nitrogens is 1. The molecular formula is C23H26N2O7S. The van der Waals surface area contributed by atoms with E-state index in [9.17, 15) is 13.2 Å². The Hall–Kier alpha value is -2.92. The van der Waals surface area contributed by atoms with Crippen molar-refractivity contribution in [2.75, 3.05) is 40.6 Å². The molecule has 0 amide bonds. The van der Waals surface area contributed by atoms with Crippen LogP contribution in [0.3, 0.4) is 0 Å². The maximum atomic E-state index is 13.5. The minimum Gasteiger partial charge on any atom is -0.497 e. The summed E-state index contributed by atoms with van der Waals surface area (Å²) in [5, 5.41) is 0.768. The smallest absolute Gasteiger partial charge is 0.252 e. The first-order valence-electron chi connectivity index (χ1n) is 10.4. The summed E-state index contributed by atoms with van der Waals surface area (Å²) in [5.41, 5.74) is 0.560. The lowest BCUT2D eigenvalue weighted by Gasteiger charge is -2.29. The molecule has 2 heterocycles. The monoisotopic (exact) mass is 474 g/mol. The van der Waals surface area contributed by atoms with Crippen molar-refractivity contribution in [3.8, 4) is 11.5 Å². The number of benzene rings is 2. The summed E-state index contributed by atoms with van der Waals surface area (Å²) < 4.78 is 49.8. The van der Waals surface area contributed by atoms with Gasteiger partial charge in [-0.1, -0.05) is 0 Å². The molecule has 176 valence electrons. The van der Waals surface area contributed by atoms with Crippen LogP contribution in [0.15, 0.2) is 58.2 Å². The number of hydrogen-bond acceptors (Lipinski definition) is 7. The second-order valence-electron chi connectivity index (χ2n) is 7.62. The topological polar surface area (TPSA) is 107 Å². The Morgan fingerprint density at radius 1 is 1.03 bits per heavy atom. The Balaban J connectivity index is 1.69. The van der Waals surface area contributed by atoms with Gasteiger partial charge in [0.25, 0.3) is 5.56 Å². The fraction of sp³-hybridized carbons (Fsp3) is 0.348. The highest BCUT2D eigenvalue weighted by molar-refractivity contribution is 7.89. The summed E-state index contributed by atoms with van der Waals surface area (Å²) >= 11 is 0. The molecule has 0 bridgehead atoms. The first-order chi connectivity index (χ1) is 15.9. The summed E-state index contributed by atoms with van der Waals surface area (Å²) in [5.74, 6) is 1.16. The van der Waals surface area contributed by atoms with Crippen molar-refractivity contribution in [2.24, 2.45) is 0 Å². The number of sulfonamides is 1. The number of methoxy groups -OCH3 is 2. The van der Waals surface area contributed by atoms with Gasteiger partial charge >= 0.3 is 0 Å². The lowest BCUT2D eigenvalue weighted by Crippen LogP contribution is -2.43. The molecule has 3 aromatic rings. The Morgan fingerprint density at radius 3 is 2.42 bits per heavy atom. The molecule has 1 aliphatic heterocycles. The molecule has 33 heavy (non-hydrogen) atoms. The van der Waals surface area contributed by atoms with Crippen LogP contribution in [0.4, 0.5) is 0 Å². The summed E-state index contributed by atoms with van der Waals surface area (Å²) in [7, 11) is -0.875. The number of aromatic amines is 1. The maximum Gasteiger partial charge on any atom is 0.252 e. The standard InChI is InChI=1S/C23H26N2O7S/c1-29-18-5-7-21(8-6-18)33(27,28)25(14-20-15-31-9-10-32-20)13-17-11-16-3-4-19(30-2)12-22(16)24-23(17)26/h3-8,11-12,20H,9-10,13-15H2,1-2H3,(H,24,26)/t20-/m0/s1. The van der Waals surface area contributed by atoms with Crippen LogP contribution in [-0.2, 0) is 26.0 Å². The van der Waals surface area contributed by atoms with E-state index in [0.29, 0.717) is 35.8 Å². The summed E-state index contributed by atoms with van der Waals surface area (Å²) in [6.07, 6.45) is -0.435. The van der Waals surface area contributed by atoms with Gasteiger partial charge < -0.3 is 23.9 Å². The molecule has 1 aromatic heterocycles. The van der Waals surface area contributed by atoms with E-state index in [1.54, 1.807) is 37.4 Å². The van der Waals surface area contributed by atoms with Crippen LogP contribution in [0.2, 0.25) is 0 Å². The van der Waals surface area contributed by atoms with E-state index in [1.165, 1.54) is 23.5 Å². The third-order valence-electron chi connectivity index (χ3n) is 5.47. The zero-order valence-corrected chi connectivity index (χ0v) is 19.3. The Bertz CT molecular complexity index is 1270. The number of aromatic nitrogens is 1. The average molecular weight is 475 g/mol. The van der Waals surface area contributed by atoms with Crippen LogP contribution in [-0.4, -0.2) is 64.4 Å². The Morgan fingerprint density at radius 2 is 1.76 bits per heavy atom. The van der Waals surface area contributed by atoms with E-state index in [2.05, 4.69) is 4.98 Å². The highest BCUT2D eigenvalue weighted by Gasteiger charge is 2.30. The van der Waals surface area contributed by atoms with Crippen LogP contribution < -0.4 is 15.0 Å². The van der Waals surface area contributed by atoms with Gasteiger partial charge in [-0.15, -0.1) is 0 Å². The summed E-state index contributed by atoms with van der Waals surface area (Å²) in [6, 6.07) is 13.1. The molecule has 0 spiro atoms. The van der Waals surface area contributed by atoms with Gasteiger partial charge in [0, 0.05) is 24.7 Å². The molecule has 4 rings (SSSR count). The Labute approximate surface area is 191 Å². The fourth-order valence-corrected chi connectivity index (χ4v) is 5.12. The van der Waals surface area contributed by atoms with Crippen molar-refractivity contribution in [3.05, 3.63) is 64.4 Å². The largest absolute Gasteiger partial charge is 0.497 e. The molecule has 1 atom stereocenters. The highest BCUT2D eigenvalue weighted by Crippen LogP contribution is 2.23. The van der Waals surface area contributed by atoms with E-state index in [0.717, 1.165) is 5.39 Å². The van der Waals surface area contributed by atoms with Crippen molar-refractivity contribution < 1.29 is 27.4 Å². The molecule has 9 nitrogen and oxygen atoms in total. The molecule has 0 unspecified atom stereocenters. The Kier molecular flexibility index (Phi) is 6.99. The number of pyridine rings is 1. The first kappa shape index (κ1) is 23.2. The van der Waals surface area contributed by atoms with Gasteiger partial charge in [-0.25, -0.2) is 8.42 Å². The number of fused-ring (bicyclic) bond motifs is 1. The van der Waals surface area contributed by atoms with Gasteiger partial charge in [0.05, 0.1) is 50.6 Å². The van der Waals surface area contributed by atoms with Crippen LogP contribution in [0.1, 0.15) is 5.56 Å². The van der Waals surface area contributed by atoms with E-state index in [-0.39, 0.29) is 30.2 Å². The SMILES string of the molecule is COc1ccc(S(=O)(=O)N(Cc2cc3ccc(OC)cc3[nH]c2=O)C[C@H]2COCCO2)cc1. The fourth-order valence-electron chi connectivity index (χ4n) is 3.67. The zero-order chi connectivity index (χ0) is 23.4.